The lowest BCUT2D eigenvalue weighted by molar-refractivity contribution is -0.125. The van der Waals surface area contributed by atoms with Crippen molar-refractivity contribution in [3.8, 4) is 0 Å². The average molecular weight is 441 g/mol. The van der Waals surface area contributed by atoms with E-state index in [-0.39, 0.29) is 11.4 Å². The monoisotopic (exact) mass is 440 g/mol. The van der Waals surface area contributed by atoms with E-state index in [1.54, 1.807) is 30.5 Å². The standard InChI is InChI=1S/C22H24N4O4S/c1-15-9-11-16(12-10-15)31(29,30)26-13-5-8-20(26)22(28)24-23-21(27)18-14-25(2)19-7-4-3-6-17(18)19/h3-4,6-7,9-12,14,20H,5,8,13H2,1-2H3,(H,23,27)(H,24,28)/t20-/m1/s1. The largest absolute Gasteiger partial charge is 0.350 e. The second-order valence-corrected chi connectivity index (χ2v) is 9.59. The van der Waals surface area contributed by atoms with Crippen molar-refractivity contribution in [3.05, 3.63) is 65.9 Å². The molecule has 0 unspecified atom stereocenters. The maximum atomic E-state index is 13.0. The summed E-state index contributed by atoms with van der Waals surface area (Å²) < 4.78 is 29.1. The maximum Gasteiger partial charge on any atom is 0.271 e. The number of hydrazine groups is 1. The van der Waals surface area contributed by atoms with Crippen molar-refractivity contribution in [2.75, 3.05) is 6.54 Å². The summed E-state index contributed by atoms with van der Waals surface area (Å²) in [5.41, 5.74) is 7.10. The first-order chi connectivity index (χ1) is 14.8. The molecule has 4 rings (SSSR count). The summed E-state index contributed by atoms with van der Waals surface area (Å²) in [6.07, 6.45) is 2.65. The molecular formula is C22H24N4O4S. The number of nitrogens with one attached hydrogen (secondary N) is 2. The zero-order valence-electron chi connectivity index (χ0n) is 17.3. The molecule has 0 radical (unpaired) electrons. The van der Waals surface area contributed by atoms with Crippen LogP contribution >= 0.6 is 0 Å². The predicted octanol–water partition coefficient (Wildman–Crippen LogP) is 2.10. The van der Waals surface area contributed by atoms with Crippen molar-refractivity contribution in [1.29, 1.82) is 0 Å². The van der Waals surface area contributed by atoms with Gasteiger partial charge in [-0.15, -0.1) is 0 Å². The van der Waals surface area contributed by atoms with Gasteiger partial charge in [0, 0.05) is 30.7 Å². The molecule has 0 aliphatic carbocycles. The Hall–Kier alpha value is -3.17. The first-order valence-electron chi connectivity index (χ1n) is 10.0. The topological polar surface area (TPSA) is 101 Å². The Bertz CT molecular complexity index is 1250. The third-order valence-electron chi connectivity index (χ3n) is 5.57. The highest BCUT2D eigenvalue weighted by Crippen LogP contribution is 2.26. The van der Waals surface area contributed by atoms with Gasteiger partial charge in [-0.25, -0.2) is 8.42 Å². The van der Waals surface area contributed by atoms with Crippen molar-refractivity contribution in [2.24, 2.45) is 7.05 Å². The van der Waals surface area contributed by atoms with Gasteiger partial charge in [0.05, 0.1) is 10.5 Å². The van der Waals surface area contributed by atoms with Crippen LogP contribution in [0.3, 0.4) is 0 Å². The Morgan fingerprint density at radius 2 is 1.74 bits per heavy atom. The molecule has 3 aromatic rings. The molecule has 2 N–H and O–H groups in total. The molecule has 8 nitrogen and oxygen atoms in total. The number of aromatic nitrogens is 1. The van der Waals surface area contributed by atoms with Gasteiger partial charge in [0.25, 0.3) is 11.8 Å². The van der Waals surface area contributed by atoms with Gasteiger partial charge in [0.15, 0.2) is 0 Å². The molecule has 0 spiro atoms. The molecule has 162 valence electrons. The van der Waals surface area contributed by atoms with Crippen LogP contribution in [0.2, 0.25) is 0 Å². The number of fused-ring (bicyclic) bond motifs is 1. The molecule has 2 aromatic carbocycles. The van der Waals surface area contributed by atoms with E-state index < -0.39 is 27.9 Å². The number of hydrogen-bond acceptors (Lipinski definition) is 4. The van der Waals surface area contributed by atoms with Gasteiger partial charge in [0.2, 0.25) is 10.0 Å². The fraction of sp³-hybridized carbons (Fsp3) is 0.273. The molecule has 2 heterocycles. The van der Waals surface area contributed by atoms with E-state index in [0.717, 1.165) is 16.5 Å². The van der Waals surface area contributed by atoms with E-state index in [4.69, 9.17) is 0 Å². The van der Waals surface area contributed by atoms with Gasteiger partial charge in [-0.05, 0) is 38.0 Å². The van der Waals surface area contributed by atoms with Crippen LogP contribution in [0.4, 0.5) is 0 Å². The lowest BCUT2D eigenvalue weighted by Crippen LogP contribution is -2.51. The van der Waals surface area contributed by atoms with Crippen LogP contribution < -0.4 is 10.9 Å². The summed E-state index contributed by atoms with van der Waals surface area (Å²) in [6, 6.07) is 13.1. The number of aryl methyl sites for hydroxylation is 2. The zero-order chi connectivity index (χ0) is 22.2. The molecule has 0 saturated carbocycles. The molecule has 1 atom stereocenters. The van der Waals surface area contributed by atoms with Crippen molar-refractivity contribution >= 4 is 32.7 Å². The molecule has 0 bridgehead atoms. The summed E-state index contributed by atoms with van der Waals surface area (Å²) in [4.78, 5) is 25.6. The summed E-state index contributed by atoms with van der Waals surface area (Å²) >= 11 is 0. The van der Waals surface area contributed by atoms with E-state index in [0.29, 0.717) is 18.4 Å². The van der Waals surface area contributed by atoms with Gasteiger partial charge in [-0.1, -0.05) is 35.9 Å². The van der Waals surface area contributed by atoms with Crippen LogP contribution in [0, 0.1) is 6.92 Å². The molecule has 1 aromatic heterocycles. The highest BCUT2D eigenvalue weighted by molar-refractivity contribution is 7.89. The van der Waals surface area contributed by atoms with Gasteiger partial charge in [-0.2, -0.15) is 4.31 Å². The number of carbonyl (C=O) groups is 2. The minimum atomic E-state index is -3.81. The maximum absolute atomic E-state index is 13.0. The second kappa shape index (κ2) is 8.16. The van der Waals surface area contributed by atoms with Crippen LogP contribution in [0.5, 0.6) is 0 Å². The summed E-state index contributed by atoms with van der Waals surface area (Å²) in [6.45, 7) is 2.13. The van der Waals surface area contributed by atoms with E-state index in [2.05, 4.69) is 10.9 Å². The molecule has 1 fully saturated rings. The molecule has 31 heavy (non-hydrogen) atoms. The van der Waals surface area contributed by atoms with E-state index in [1.165, 1.54) is 4.31 Å². The Balaban J connectivity index is 1.47. The Labute approximate surface area is 180 Å². The van der Waals surface area contributed by atoms with Crippen LogP contribution in [-0.2, 0) is 21.9 Å². The highest BCUT2D eigenvalue weighted by atomic mass is 32.2. The fourth-order valence-electron chi connectivity index (χ4n) is 3.93. The van der Waals surface area contributed by atoms with Crippen molar-refractivity contribution < 1.29 is 18.0 Å². The smallest absolute Gasteiger partial charge is 0.271 e. The van der Waals surface area contributed by atoms with Gasteiger partial charge >= 0.3 is 0 Å². The molecule has 1 aliphatic rings. The van der Waals surface area contributed by atoms with E-state index >= 15 is 0 Å². The Morgan fingerprint density at radius 3 is 2.48 bits per heavy atom. The number of rotatable bonds is 4. The number of nitrogens with zero attached hydrogens (tertiary/aromatic N) is 2. The highest BCUT2D eigenvalue weighted by Gasteiger charge is 2.39. The van der Waals surface area contributed by atoms with Crippen LogP contribution in [0.25, 0.3) is 10.9 Å². The third-order valence-corrected chi connectivity index (χ3v) is 7.50. The van der Waals surface area contributed by atoms with Gasteiger partial charge in [-0.3, -0.25) is 20.4 Å². The lowest BCUT2D eigenvalue weighted by atomic mass is 10.2. The van der Waals surface area contributed by atoms with Crippen LogP contribution in [-0.4, -0.2) is 41.7 Å². The normalized spacial score (nSPS) is 17.0. The first-order valence-corrected chi connectivity index (χ1v) is 11.5. The second-order valence-electron chi connectivity index (χ2n) is 7.70. The van der Waals surface area contributed by atoms with E-state index in [1.807, 2.05) is 42.8 Å². The first kappa shape index (κ1) is 21.1. The molecule has 1 aliphatic heterocycles. The average Bonchev–Trinajstić information content (AvgIpc) is 3.38. The molecule has 1 saturated heterocycles. The summed E-state index contributed by atoms with van der Waals surface area (Å²) in [5.74, 6) is -1.02. The Kier molecular flexibility index (Phi) is 5.55. The summed E-state index contributed by atoms with van der Waals surface area (Å²) in [7, 11) is -1.97. The number of carbonyl (C=O) groups excluding carboxylic acids is 2. The van der Waals surface area contributed by atoms with Gasteiger partial charge in [0.1, 0.15) is 6.04 Å². The Morgan fingerprint density at radius 1 is 1.03 bits per heavy atom. The van der Waals surface area contributed by atoms with Gasteiger partial charge < -0.3 is 4.57 Å². The number of para-hydroxylation sites is 1. The predicted molar refractivity (Wildman–Crippen MR) is 117 cm³/mol. The lowest BCUT2D eigenvalue weighted by Gasteiger charge is -2.23. The number of hydrogen-bond donors (Lipinski definition) is 2. The number of amides is 2. The fourth-order valence-corrected chi connectivity index (χ4v) is 5.58. The number of benzene rings is 2. The SMILES string of the molecule is Cc1ccc(S(=O)(=O)N2CCC[C@@H]2C(=O)NNC(=O)c2cn(C)c3ccccc23)cc1. The zero-order valence-corrected chi connectivity index (χ0v) is 18.1. The van der Waals surface area contributed by atoms with E-state index in [9.17, 15) is 18.0 Å². The van der Waals surface area contributed by atoms with Crippen molar-refractivity contribution in [1.82, 2.24) is 19.7 Å². The third kappa shape index (κ3) is 3.94. The number of sulfonamides is 1. The van der Waals surface area contributed by atoms with Crippen molar-refractivity contribution in [3.63, 3.8) is 0 Å². The van der Waals surface area contributed by atoms with Crippen LogP contribution in [0.15, 0.2) is 59.6 Å². The van der Waals surface area contributed by atoms with Crippen molar-refractivity contribution in [2.45, 2.75) is 30.7 Å². The minimum absolute atomic E-state index is 0.151. The molecular weight excluding hydrogens is 416 g/mol. The molecule has 9 heteroatoms. The van der Waals surface area contributed by atoms with Crippen LogP contribution in [0.1, 0.15) is 28.8 Å². The molecule has 2 amide bonds. The summed E-state index contributed by atoms with van der Waals surface area (Å²) in [5, 5.41) is 0.765. The quantitative estimate of drug-likeness (QED) is 0.607. The minimum Gasteiger partial charge on any atom is -0.350 e.